The van der Waals surface area contributed by atoms with Gasteiger partial charge >= 0.3 is 0 Å². The van der Waals surface area contributed by atoms with Crippen LogP contribution < -0.4 is 20.6 Å². The summed E-state index contributed by atoms with van der Waals surface area (Å²) in [7, 11) is 0. The highest BCUT2D eigenvalue weighted by atomic mass is 35.5. The van der Waals surface area contributed by atoms with Gasteiger partial charge in [0.2, 0.25) is 5.91 Å². The van der Waals surface area contributed by atoms with Crippen LogP contribution in [-0.2, 0) is 14.3 Å². The molecule has 2 amide bonds. The number of aliphatic carboxylic acids is 1. The summed E-state index contributed by atoms with van der Waals surface area (Å²) < 4.78 is 5.39. The van der Waals surface area contributed by atoms with Crippen LogP contribution >= 0.6 is 11.6 Å². The number of ether oxygens (including phenoxy) is 1. The first kappa shape index (κ1) is 22.3. The van der Waals surface area contributed by atoms with Gasteiger partial charge in [0.05, 0.1) is 24.7 Å². The van der Waals surface area contributed by atoms with E-state index in [0.29, 0.717) is 60.0 Å². The zero-order valence-corrected chi connectivity index (χ0v) is 17.6. The molecule has 2 aromatic carbocycles. The van der Waals surface area contributed by atoms with Gasteiger partial charge in [-0.15, -0.1) is 0 Å². The number of hydrogen-bond donors (Lipinski definition) is 2. The molecule has 0 aromatic heterocycles. The summed E-state index contributed by atoms with van der Waals surface area (Å²) in [6.07, 6.45) is 1.48. The van der Waals surface area contributed by atoms with E-state index < -0.39 is 11.9 Å². The number of amides is 2. The number of anilines is 3. The Morgan fingerprint density at radius 1 is 1.03 bits per heavy atom. The molecule has 0 aliphatic carbocycles. The molecule has 162 valence electrons. The van der Waals surface area contributed by atoms with Gasteiger partial charge in [-0.1, -0.05) is 17.7 Å². The number of carbonyl (C=O) groups is 3. The summed E-state index contributed by atoms with van der Waals surface area (Å²) >= 11 is 6.16. The fourth-order valence-corrected chi connectivity index (χ4v) is 3.25. The number of hydrogen-bond acceptors (Lipinski definition) is 6. The molecule has 0 saturated carbocycles. The molecule has 31 heavy (non-hydrogen) atoms. The Morgan fingerprint density at radius 3 is 2.39 bits per heavy atom. The molecule has 0 radical (unpaired) electrons. The third kappa shape index (κ3) is 6.07. The molecule has 1 saturated heterocycles. The maximum Gasteiger partial charge on any atom is 0.257 e. The lowest BCUT2D eigenvalue weighted by molar-refractivity contribution is -0.297. The average Bonchev–Trinajstić information content (AvgIpc) is 2.75. The number of nitrogens with one attached hydrogen (secondary N) is 2. The molecular weight excluding hydrogens is 422 g/mol. The van der Waals surface area contributed by atoms with Gasteiger partial charge in [0.15, 0.2) is 0 Å². The minimum absolute atomic E-state index is 0.345. The van der Waals surface area contributed by atoms with Crippen LogP contribution in [0.25, 0.3) is 0 Å². The molecule has 0 atom stereocenters. The third-order valence-electron chi connectivity index (χ3n) is 4.66. The van der Waals surface area contributed by atoms with Crippen molar-refractivity contribution in [2.45, 2.75) is 6.92 Å². The van der Waals surface area contributed by atoms with Crippen molar-refractivity contribution < 1.29 is 24.2 Å². The normalized spacial score (nSPS) is 13.8. The van der Waals surface area contributed by atoms with E-state index in [2.05, 4.69) is 10.6 Å². The van der Waals surface area contributed by atoms with Crippen LogP contribution in [0, 0.1) is 6.92 Å². The second-order valence-electron chi connectivity index (χ2n) is 6.89. The molecule has 2 aromatic rings. The highest BCUT2D eigenvalue weighted by Gasteiger charge is 2.20. The first-order chi connectivity index (χ1) is 14.8. The zero-order valence-electron chi connectivity index (χ0n) is 16.8. The highest BCUT2D eigenvalue weighted by Crippen LogP contribution is 2.27. The average molecular weight is 443 g/mol. The molecule has 9 heteroatoms. The summed E-state index contributed by atoms with van der Waals surface area (Å²) in [5, 5.41) is 16.4. The third-order valence-corrected chi connectivity index (χ3v) is 5.07. The van der Waals surface area contributed by atoms with Crippen molar-refractivity contribution in [3.8, 4) is 0 Å². The molecule has 0 bridgehead atoms. The highest BCUT2D eigenvalue weighted by molar-refractivity contribution is 6.31. The largest absolute Gasteiger partial charge is 0.545 e. The molecular formula is C22H21ClN3O5-. The van der Waals surface area contributed by atoms with Crippen molar-refractivity contribution >= 4 is 46.4 Å². The van der Waals surface area contributed by atoms with Crippen molar-refractivity contribution in [3.63, 3.8) is 0 Å². The Hall–Kier alpha value is -3.36. The predicted octanol–water partition coefficient (Wildman–Crippen LogP) is 1.98. The van der Waals surface area contributed by atoms with Crippen molar-refractivity contribution in [1.82, 2.24) is 0 Å². The number of morpholine rings is 1. The summed E-state index contributed by atoms with van der Waals surface area (Å²) in [5.41, 5.74) is 2.82. The maximum absolute atomic E-state index is 13.1. The van der Waals surface area contributed by atoms with Crippen LogP contribution in [0.5, 0.6) is 0 Å². The van der Waals surface area contributed by atoms with Crippen LogP contribution in [-0.4, -0.2) is 44.1 Å². The molecule has 0 unspecified atom stereocenters. The fourth-order valence-electron chi connectivity index (χ4n) is 3.07. The fraction of sp³-hybridized carbons (Fsp3) is 0.227. The van der Waals surface area contributed by atoms with Crippen molar-refractivity contribution in [3.05, 3.63) is 64.7 Å². The first-order valence-electron chi connectivity index (χ1n) is 9.58. The lowest BCUT2D eigenvalue weighted by atomic mass is 10.1. The lowest BCUT2D eigenvalue weighted by Crippen LogP contribution is -2.37. The number of rotatable bonds is 6. The topological polar surface area (TPSA) is 111 Å². The van der Waals surface area contributed by atoms with Crippen molar-refractivity contribution in [2.24, 2.45) is 0 Å². The van der Waals surface area contributed by atoms with Crippen molar-refractivity contribution in [2.75, 3.05) is 41.8 Å². The van der Waals surface area contributed by atoms with E-state index in [0.717, 1.165) is 11.6 Å². The van der Waals surface area contributed by atoms with Gasteiger partial charge in [-0.25, -0.2) is 0 Å². The zero-order chi connectivity index (χ0) is 22.4. The van der Waals surface area contributed by atoms with E-state index in [-0.39, 0.29) is 5.91 Å². The molecule has 1 heterocycles. The molecule has 8 nitrogen and oxygen atoms in total. The molecule has 2 N–H and O–H groups in total. The van der Waals surface area contributed by atoms with Gasteiger partial charge in [-0.2, -0.15) is 0 Å². The van der Waals surface area contributed by atoms with E-state index in [4.69, 9.17) is 16.3 Å². The van der Waals surface area contributed by atoms with E-state index in [9.17, 15) is 19.5 Å². The number of carboxylic acids is 1. The van der Waals surface area contributed by atoms with E-state index in [1.807, 2.05) is 11.8 Å². The van der Waals surface area contributed by atoms with E-state index >= 15 is 0 Å². The van der Waals surface area contributed by atoms with Gasteiger partial charge in [0, 0.05) is 41.3 Å². The minimum Gasteiger partial charge on any atom is -0.545 e. The van der Waals surface area contributed by atoms with E-state index in [1.54, 1.807) is 36.4 Å². The number of benzene rings is 2. The van der Waals surface area contributed by atoms with Gasteiger partial charge in [-0.05, 0) is 48.9 Å². The minimum atomic E-state index is -1.48. The van der Waals surface area contributed by atoms with Gasteiger partial charge in [0.1, 0.15) is 0 Å². The predicted molar refractivity (Wildman–Crippen MR) is 116 cm³/mol. The lowest BCUT2D eigenvalue weighted by Gasteiger charge is -2.30. The second-order valence-corrected chi connectivity index (χ2v) is 7.30. The van der Waals surface area contributed by atoms with Crippen LogP contribution in [0.1, 0.15) is 15.9 Å². The van der Waals surface area contributed by atoms with Crippen LogP contribution in [0.15, 0.2) is 48.6 Å². The molecule has 0 spiro atoms. The molecule has 1 aliphatic rings. The van der Waals surface area contributed by atoms with Crippen LogP contribution in [0.2, 0.25) is 5.02 Å². The van der Waals surface area contributed by atoms with Gasteiger partial charge < -0.3 is 30.2 Å². The summed E-state index contributed by atoms with van der Waals surface area (Å²) in [4.78, 5) is 37.5. The van der Waals surface area contributed by atoms with Crippen molar-refractivity contribution in [1.29, 1.82) is 0 Å². The Morgan fingerprint density at radius 2 is 1.71 bits per heavy atom. The summed E-state index contributed by atoms with van der Waals surface area (Å²) in [6, 6.07) is 10.2. The number of aryl methyl sites for hydroxylation is 1. The standard InChI is InChI=1S/C22H22ClN3O5/c1-14-2-3-16(13-18(14)23)25-22(30)17-12-15(24-20(27)6-7-21(28)29)4-5-19(17)26-8-10-31-11-9-26/h2-7,12-13H,8-11H2,1H3,(H,24,27)(H,25,30)(H,28,29)/p-1/b7-6-. The first-order valence-corrected chi connectivity index (χ1v) is 9.95. The maximum atomic E-state index is 13.1. The second kappa shape index (κ2) is 10.1. The number of carboxylic acid groups (broad SMARTS) is 1. The molecule has 3 rings (SSSR count). The molecule has 1 aliphatic heterocycles. The SMILES string of the molecule is Cc1ccc(NC(=O)c2cc(NC(=O)/C=C\C(=O)[O-])ccc2N2CCOCC2)cc1Cl. The smallest absolute Gasteiger partial charge is 0.257 e. The summed E-state index contributed by atoms with van der Waals surface area (Å²) in [5.74, 6) is -2.50. The summed E-state index contributed by atoms with van der Waals surface area (Å²) in [6.45, 7) is 4.20. The Bertz CT molecular complexity index is 1030. The Labute approximate surface area is 184 Å². The van der Waals surface area contributed by atoms with Gasteiger partial charge in [-0.3, -0.25) is 9.59 Å². The molecule has 1 fully saturated rings. The van der Waals surface area contributed by atoms with Gasteiger partial charge in [0.25, 0.3) is 5.91 Å². The monoisotopic (exact) mass is 442 g/mol. The Kier molecular flexibility index (Phi) is 7.28. The quantitative estimate of drug-likeness (QED) is 0.662. The van der Waals surface area contributed by atoms with Crippen LogP contribution in [0.4, 0.5) is 17.1 Å². The number of nitrogens with zero attached hydrogens (tertiary/aromatic N) is 1. The number of halogens is 1. The van der Waals surface area contributed by atoms with E-state index in [1.165, 1.54) is 0 Å². The Balaban J connectivity index is 1.89. The van der Waals surface area contributed by atoms with Crippen LogP contribution in [0.3, 0.4) is 0 Å². The number of carbonyl (C=O) groups excluding carboxylic acids is 3.